The first kappa shape index (κ1) is 26.7. The predicted octanol–water partition coefficient (Wildman–Crippen LogP) is 5.85. The molecule has 41 heavy (non-hydrogen) atoms. The summed E-state index contributed by atoms with van der Waals surface area (Å²) in [6.07, 6.45) is 1.94. The lowest BCUT2D eigenvalue weighted by Crippen LogP contribution is -2.40. The molecule has 3 heterocycles. The van der Waals surface area contributed by atoms with Crippen molar-refractivity contribution in [2.24, 2.45) is 4.99 Å². The maximum atomic E-state index is 14.2. The number of hydrogen-bond acceptors (Lipinski definition) is 5. The molecule has 1 N–H and O–H groups in total. The Bertz CT molecular complexity index is 1980. The molecule has 0 saturated heterocycles. The van der Waals surface area contributed by atoms with Crippen LogP contribution in [-0.4, -0.2) is 22.1 Å². The summed E-state index contributed by atoms with van der Waals surface area (Å²) < 4.78 is 7.79. The largest absolute Gasteiger partial charge is 0.463 e. The molecular weight excluding hydrogens is 530 g/mol. The van der Waals surface area contributed by atoms with Gasteiger partial charge in [-0.15, -0.1) is 0 Å². The van der Waals surface area contributed by atoms with Gasteiger partial charge in [0.2, 0.25) is 0 Å². The van der Waals surface area contributed by atoms with E-state index in [2.05, 4.69) is 31.0 Å². The Morgan fingerprint density at radius 3 is 2.46 bits per heavy atom. The third-order valence-corrected chi connectivity index (χ3v) is 8.49. The highest BCUT2D eigenvalue weighted by atomic mass is 32.1. The summed E-state index contributed by atoms with van der Waals surface area (Å²) in [6, 6.07) is 25.1. The Kier molecular flexibility index (Phi) is 7.05. The molecular formula is C34H31N3O3S. The maximum absolute atomic E-state index is 14.2. The fraction of sp³-hybridized carbons (Fsp3) is 0.206. The van der Waals surface area contributed by atoms with Gasteiger partial charge < -0.3 is 9.72 Å². The number of aromatic amines is 1. The molecule has 0 bridgehead atoms. The molecule has 1 aliphatic rings. The number of nitrogens with one attached hydrogen (secondary N) is 1. The van der Waals surface area contributed by atoms with Gasteiger partial charge in [0.1, 0.15) is 0 Å². The van der Waals surface area contributed by atoms with Crippen molar-refractivity contribution in [1.29, 1.82) is 0 Å². The standard InChI is InChI=1S/C34H31N3O3S/c1-5-40-33(39)29-30(23-11-7-6-8-12-23)36-34-37(31(29)24-17-15-22(16-18-24)20(2)3)32(38)28(41-34)19-26-21(4)35-27-14-10-9-13-25(26)27/h6-20,31,35H,5H2,1-4H3/b28-19-/t31-/m1/s1. The zero-order valence-corrected chi connectivity index (χ0v) is 24.3. The van der Waals surface area contributed by atoms with Gasteiger partial charge in [0.15, 0.2) is 4.80 Å². The second kappa shape index (κ2) is 10.8. The van der Waals surface area contributed by atoms with E-state index in [9.17, 15) is 9.59 Å². The number of para-hydroxylation sites is 1. The van der Waals surface area contributed by atoms with E-state index in [1.165, 1.54) is 16.9 Å². The third kappa shape index (κ3) is 4.76. The molecule has 206 valence electrons. The molecule has 0 fully saturated rings. The number of carbonyl (C=O) groups is 1. The van der Waals surface area contributed by atoms with Crippen LogP contribution in [0.1, 0.15) is 60.7 Å². The number of fused-ring (bicyclic) bond motifs is 2. The Balaban J connectivity index is 1.65. The summed E-state index contributed by atoms with van der Waals surface area (Å²) in [7, 11) is 0. The number of esters is 1. The van der Waals surface area contributed by atoms with Crippen LogP contribution >= 0.6 is 11.3 Å². The molecule has 7 heteroatoms. The molecule has 0 unspecified atom stereocenters. The summed E-state index contributed by atoms with van der Waals surface area (Å²) >= 11 is 1.34. The fourth-order valence-electron chi connectivity index (χ4n) is 5.43. The predicted molar refractivity (Wildman–Crippen MR) is 165 cm³/mol. The lowest BCUT2D eigenvalue weighted by atomic mass is 9.91. The van der Waals surface area contributed by atoms with Crippen LogP contribution in [0.5, 0.6) is 0 Å². The molecule has 6 rings (SSSR count). The van der Waals surface area contributed by atoms with Gasteiger partial charge in [-0.05, 0) is 43.0 Å². The van der Waals surface area contributed by atoms with Crippen molar-refractivity contribution in [3.8, 4) is 0 Å². The number of aromatic nitrogens is 2. The maximum Gasteiger partial charge on any atom is 0.338 e. The monoisotopic (exact) mass is 561 g/mol. The van der Waals surface area contributed by atoms with Crippen LogP contribution in [0.4, 0.5) is 0 Å². The van der Waals surface area contributed by atoms with Gasteiger partial charge in [-0.3, -0.25) is 9.36 Å². The van der Waals surface area contributed by atoms with Crippen LogP contribution in [0.25, 0.3) is 22.7 Å². The van der Waals surface area contributed by atoms with Crippen LogP contribution in [0.15, 0.2) is 94.2 Å². The van der Waals surface area contributed by atoms with Crippen LogP contribution in [0.2, 0.25) is 0 Å². The first-order valence-electron chi connectivity index (χ1n) is 13.8. The normalized spacial score (nSPS) is 15.3. The summed E-state index contributed by atoms with van der Waals surface area (Å²) in [6.45, 7) is 8.29. The van der Waals surface area contributed by atoms with Gasteiger partial charge >= 0.3 is 5.97 Å². The Morgan fingerprint density at radius 1 is 1.05 bits per heavy atom. The Morgan fingerprint density at radius 2 is 1.76 bits per heavy atom. The van der Waals surface area contributed by atoms with Crippen molar-refractivity contribution < 1.29 is 9.53 Å². The Labute approximate surface area is 242 Å². The summed E-state index contributed by atoms with van der Waals surface area (Å²) in [4.78, 5) is 36.8. The smallest absolute Gasteiger partial charge is 0.338 e. The van der Waals surface area contributed by atoms with Crippen molar-refractivity contribution in [3.63, 3.8) is 0 Å². The molecule has 3 aromatic carbocycles. The molecule has 5 aromatic rings. The highest BCUT2D eigenvalue weighted by molar-refractivity contribution is 7.07. The molecule has 0 radical (unpaired) electrons. The number of benzene rings is 3. The van der Waals surface area contributed by atoms with Crippen molar-refractivity contribution in [3.05, 3.63) is 132 Å². The molecule has 0 spiro atoms. The lowest BCUT2D eigenvalue weighted by Gasteiger charge is -2.26. The van der Waals surface area contributed by atoms with Gasteiger partial charge in [0.25, 0.3) is 5.56 Å². The zero-order chi connectivity index (χ0) is 28.7. The first-order chi connectivity index (χ1) is 19.9. The van der Waals surface area contributed by atoms with E-state index in [-0.39, 0.29) is 12.2 Å². The average molecular weight is 562 g/mol. The van der Waals surface area contributed by atoms with E-state index in [1.807, 2.05) is 79.7 Å². The second-order valence-electron chi connectivity index (χ2n) is 10.5. The fourth-order valence-corrected chi connectivity index (χ4v) is 6.42. The van der Waals surface area contributed by atoms with Gasteiger partial charge in [-0.1, -0.05) is 98.0 Å². The number of aryl methyl sites for hydroxylation is 1. The highest BCUT2D eigenvalue weighted by Crippen LogP contribution is 2.35. The number of carbonyl (C=O) groups excluding carboxylic acids is 1. The highest BCUT2D eigenvalue weighted by Gasteiger charge is 2.35. The van der Waals surface area contributed by atoms with Crippen molar-refractivity contribution in [2.45, 2.75) is 39.7 Å². The van der Waals surface area contributed by atoms with Gasteiger partial charge in [-0.2, -0.15) is 0 Å². The molecule has 2 aromatic heterocycles. The number of nitrogens with zero attached hydrogens (tertiary/aromatic N) is 2. The quantitative estimate of drug-likeness (QED) is 0.264. The van der Waals surface area contributed by atoms with E-state index in [4.69, 9.17) is 9.73 Å². The molecule has 0 aliphatic carbocycles. The minimum absolute atomic E-state index is 0.190. The van der Waals surface area contributed by atoms with Crippen LogP contribution < -0.4 is 14.9 Å². The number of thiazole rings is 1. The number of H-pyrrole nitrogens is 1. The van der Waals surface area contributed by atoms with Gasteiger partial charge in [0, 0.05) is 27.7 Å². The van der Waals surface area contributed by atoms with E-state index in [1.54, 1.807) is 11.5 Å². The SMILES string of the molecule is CCOC(=O)C1=C(c2ccccc2)N=c2s/c(=C\c3c(C)[nH]c4ccccc34)c(=O)n2[C@@H]1c1ccc(C(C)C)cc1. The summed E-state index contributed by atoms with van der Waals surface area (Å²) in [5, 5.41) is 1.05. The van der Waals surface area contributed by atoms with Gasteiger partial charge in [0.05, 0.1) is 28.5 Å². The van der Waals surface area contributed by atoms with Gasteiger partial charge in [-0.25, -0.2) is 9.79 Å². The minimum Gasteiger partial charge on any atom is -0.463 e. The number of rotatable bonds is 6. The molecule has 1 atom stereocenters. The second-order valence-corrected chi connectivity index (χ2v) is 11.5. The number of ether oxygens (including phenoxy) is 1. The van der Waals surface area contributed by atoms with Crippen molar-refractivity contribution in [2.75, 3.05) is 6.61 Å². The molecule has 1 aliphatic heterocycles. The average Bonchev–Trinajstić information content (AvgIpc) is 3.47. The topological polar surface area (TPSA) is 76.4 Å². The van der Waals surface area contributed by atoms with Crippen LogP contribution in [-0.2, 0) is 9.53 Å². The first-order valence-corrected chi connectivity index (χ1v) is 14.6. The van der Waals surface area contributed by atoms with E-state index < -0.39 is 12.0 Å². The van der Waals surface area contributed by atoms with E-state index >= 15 is 0 Å². The third-order valence-electron chi connectivity index (χ3n) is 7.51. The summed E-state index contributed by atoms with van der Waals surface area (Å²) in [5.74, 6) is -0.125. The van der Waals surface area contributed by atoms with Crippen molar-refractivity contribution >= 4 is 40.0 Å². The zero-order valence-electron chi connectivity index (χ0n) is 23.5. The van der Waals surface area contributed by atoms with Crippen molar-refractivity contribution in [1.82, 2.24) is 9.55 Å². The van der Waals surface area contributed by atoms with E-state index in [0.717, 1.165) is 33.3 Å². The molecule has 0 amide bonds. The number of hydrogen-bond donors (Lipinski definition) is 1. The van der Waals surface area contributed by atoms with E-state index in [0.29, 0.717) is 26.5 Å². The minimum atomic E-state index is -0.687. The molecule has 6 nitrogen and oxygen atoms in total. The lowest BCUT2D eigenvalue weighted by molar-refractivity contribution is -0.138. The summed E-state index contributed by atoms with van der Waals surface area (Å²) in [5.41, 5.74) is 6.47. The van der Waals surface area contributed by atoms with Crippen LogP contribution in [0, 0.1) is 6.92 Å². The molecule has 0 saturated carbocycles. The Hall–Kier alpha value is -4.49. The van der Waals surface area contributed by atoms with Crippen LogP contribution in [0.3, 0.4) is 0 Å².